The highest BCUT2D eigenvalue weighted by atomic mass is 16.1. The van der Waals surface area contributed by atoms with E-state index in [4.69, 9.17) is 5.73 Å². The lowest BCUT2D eigenvalue weighted by atomic mass is 9.98. The molecular formula is C10H14N2O. The summed E-state index contributed by atoms with van der Waals surface area (Å²) in [4.78, 5) is 14.4. The molecule has 1 atom stereocenters. The van der Waals surface area contributed by atoms with Crippen LogP contribution in [-0.2, 0) is 0 Å². The van der Waals surface area contributed by atoms with Gasteiger partial charge in [-0.05, 0) is 17.5 Å². The Labute approximate surface area is 78.0 Å². The fourth-order valence-corrected chi connectivity index (χ4v) is 1.11. The van der Waals surface area contributed by atoms with Gasteiger partial charge < -0.3 is 5.73 Å². The highest BCUT2D eigenvalue weighted by Gasteiger charge is 2.10. The first-order valence-electron chi connectivity index (χ1n) is 4.31. The van der Waals surface area contributed by atoms with Crippen LogP contribution in [0.15, 0.2) is 18.5 Å². The number of hydrogen-bond donors (Lipinski definition) is 1. The number of aromatic nitrogens is 1. The molecule has 1 rings (SSSR count). The van der Waals surface area contributed by atoms with E-state index in [1.807, 2.05) is 13.8 Å². The van der Waals surface area contributed by atoms with Crippen LogP contribution in [0.4, 0.5) is 0 Å². The summed E-state index contributed by atoms with van der Waals surface area (Å²) in [6, 6.07) is 1.73. The predicted molar refractivity (Wildman–Crippen MR) is 51.4 cm³/mol. The van der Waals surface area contributed by atoms with E-state index in [2.05, 4.69) is 4.98 Å². The first-order chi connectivity index (χ1) is 6.15. The second-order valence-electron chi connectivity index (χ2n) is 3.44. The molecule has 2 N–H and O–H groups in total. The molecule has 0 aliphatic heterocycles. The lowest BCUT2D eigenvalue weighted by Crippen LogP contribution is -2.17. The number of nitrogens with two attached hydrogens (primary N) is 1. The SMILES string of the molecule is CC(C)[C@H](N)c1cncc(C=O)c1. The molecule has 13 heavy (non-hydrogen) atoms. The van der Waals surface area contributed by atoms with E-state index in [1.165, 1.54) is 6.20 Å². The van der Waals surface area contributed by atoms with Crippen molar-refractivity contribution in [3.63, 3.8) is 0 Å². The van der Waals surface area contributed by atoms with Gasteiger partial charge in [0.25, 0.3) is 0 Å². The topological polar surface area (TPSA) is 56.0 Å². The van der Waals surface area contributed by atoms with Gasteiger partial charge in [0.2, 0.25) is 0 Å². The van der Waals surface area contributed by atoms with Crippen LogP contribution in [0, 0.1) is 5.92 Å². The second kappa shape index (κ2) is 4.14. The van der Waals surface area contributed by atoms with Gasteiger partial charge in [-0.1, -0.05) is 13.8 Å². The maximum absolute atomic E-state index is 10.5. The third kappa shape index (κ3) is 2.36. The number of rotatable bonds is 3. The molecule has 0 unspecified atom stereocenters. The molecule has 0 saturated carbocycles. The third-order valence-electron chi connectivity index (χ3n) is 2.02. The van der Waals surface area contributed by atoms with E-state index in [0.29, 0.717) is 11.5 Å². The minimum atomic E-state index is -0.0487. The van der Waals surface area contributed by atoms with Crippen molar-refractivity contribution in [1.82, 2.24) is 4.98 Å². The minimum Gasteiger partial charge on any atom is -0.324 e. The maximum Gasteiger partial charge on any atom is 0.151 e. The van der Waals surface area contributed by atoms with Crippen LogP contribution in [0.25, 0.3) is 0 Å². The molecule has 0 saturated heterocycles. The van der Waals surface area contributed by atoms with Gasteiger partial charge >= 0.3 is 0 Å². The van der Waals surface area contributed by atoms with E-state index >= 15 is 0 Å². The number of pyridine rings is 1. The lowest BCUT2D eigenvalue weighted by Gasteiger charge is -2.15. The van der Waals surface area contributed by atoms with Gasteiger partial charge in [0.15, 0.2) is 6.29 Å². The first-order valence-corrected chi connectivity index (χ1v) is 4.31. The molecule has 0 aliphatic rings. The van der Waals surface area contributed by atoms with Crippen LogP contribution in [0.3, 0.4) is 0 Å². The fourth-order valence-electron chi connectivity index (χ4n) is 1.11. The van der Waals surface area contributed by atoms with E-state index in [0.717, 1.165) is 11.8 Å². The number of carbonyl (C=O) groups excluding carboxylic acids is 1. The Morgan fingerprint density at radius 2 is 2.15 bits per heavy atom. The summed E-state index contributed by atoms with van der Waals surface area (Å²) in [5, 5.41) is 0. The Hall–Kier alpha value is -1.22. The number of aldehydes is 1. The number of hydrogen-bond acceptors (Lipinski definition) is 3. The van der Waals surface area contributed by atoms with Gasteiger partial charge in [0.1, 0.15) is 0 Å². The van der Waals surface area contributed by atoms with Crippen LogP contribution < -0.4 is 5.73 Å². The molecule has 70 valence electrons. The highest BCUT2D eigenvalue weighted by molar-refractivity contribution is 5.74. The van der Waals surface area contributed by atoms with Crippen molar-refractivity contribution in [3.05, 3.63) is 29.6 Å². The average Bonchev–Trinajstić information content (AvgIpc) is 2.16. The van der Waals surface area contributed by atoms with Crippen molar-refractivity contribution in [2.45, 2.75) is 19.9 Å². The van der Waals surface area contributed by atoms with Crippen LogP contribution in [0.5, 0.6) is 0 Å². The average molecular weight is 178 g/mol. The summed E-state index contributed by atoms with van der Waals surface area (Å²) in [5.74, 6) is 0.351. The normalized spacial score (nSPS) is 12.9. The predicted octanol–water partition coefficient (Wildman–Crippen LogP) is 1.55. The summed E-state index contributed by atoms with van der Waals surface area (Å²) in [7, 11) is 0. The van der Waals surface area contributed by atoms with E-state index in [-0.39, 0.29) is 6.04 Å². The Kier molecular flexibility index (Phi) is 3.14. The Morgan fingerprint density at radius 1 is 1.46 bits per heavy atom. The standard InChI is InChI=1S/C10H14N2O/c1-7(2)10(11)9-3-8(6-13)4-12-5-9/h3-7,10H,11H2,1-2H3/t10-/m0/s1. The molecule has 0 bridgehead atoms. The fraction of sp³-hybridized carbons (Fsp3) is 0.400. The van der Waals surface area contributed by atoms with Crippen molar-refractivity contribution >= 4 is 6.29 Å². The molecule has 0 spiro atoms. The molecule has 0 fully saturated rings. The van der Waals surface area contributed by atoms with Gasteiger partial charge in [0.05, 0.1) is 0 Å². The van der Waals surface area contributed by atoms with Crippen LogP contribution in [0.2, 0.25) is 0 Å². The Bertz CT molecular complexity index is 297. The third-order valence-corrected chi connectivity index (χ3v) is 2.02. The second-order valence-corrected chi connectivity index (χ2v) is 3.44. The minimum absolute atomic E-state index is 0.0487. The largest absolute Gasteiger partial charge is 0.324 e. The Morgan fingerprint density at radius 3 is 2.69 bits per heavy atom. The maximum atomic E-state index is 10.5. The van der Waals surface area contributed by atoms with Gasteiger partial charge in [-0.3, -0.25) is 9.78 Å². The zero-order valence-corrected chi connectivity index (χ0v) is 7.90. The highest BCUT2D eigenvalue weighted by Crippen LogP contribution is 2.17. The number of carbonyl (C=O) groups is 1. The summed E-state index contributed by atoms with van der Waals surface area (Å²) in [5.41, 5.74) is 7.40. The first kappa shape index (κ1) is 9.86. The van der Waals surface area contributed by atoms with Crippen molar-refractivity contribution in [2.75, 3.05) is 0 Å². The van der Waals surface area contributed by atoms with Crippen molar-refractivity contribution in [3.8, 4) is 0 Å². The molecule has 0 aliphatic carbocycles. The van der Waals surface area contributed by atoms with Crippen molar-refractivity contribution in [1.29, 1.82) is 0 Å². The zero-order chi connectivity index (χ0) is 9.84. The van der Waals surface area contributed by atoms with Crippen molar-refractivity contribution < 1.29 is 4.79 Å². The molecule has 0 amide bonds. The smallest absolute Gasteiger partial charge is 0.151 e. The summed E-state index contributed by atoms with van der Waals surface area (Å²) in [6.07, 6.45) is 4.02. The van der Waals surface area contributed by atoms with Crippen LogP contribution >= 0.6 is 0 Å². The lowest BCUT2D eigenvalue weighted by molar-refractivity contribution is 0.112. The van der Waals surface area contributed by atoms with Gasteiger partial charge in [-0.25, -0.2) is 0 Å². The van der Waals surface area contributed by atoms with E-state index in [1.54, 1.807) is 12.3 Å². The number of nitrogens with zero attached hydrogens (tertiary/aromatic N) is 1. The zero-order valence-electron chi connectivity index (χ0n) is 7.90. The monoisotopic (exact) mass is 178 g/mol. The molecule has 3 heteroatoms. The molecule has 0 radical (unpaired) electrons. The van der Waals surface area contributed by atoms with Gasteiger partial charge in [0, 0.05) is 24.0 Å². The van der Waals surface area contributed by atoms with Gasteiger partial charge in [-0.2, -0.15) is 0 Å². The molecule has 1 aromatic rings. The van der Waals surface area contributed by atoms with E-state index in [9.17, 15) is 4.79 Å². The van der Waals surface area contributed by atoms with E-state index < -0.39 is 0 Å². The van der Waals surface area contributed by atoms with Crippen molar-refractivity contribution in [2.24, 2.45) is 11.7 Å². The molecule has 0 aromatic carbocycles. The molecule has 3 nitrogen and oxygen atoms in total. The van der Waals surface area contributed by atoms with Crippen LogP contribution in [0.1, 0.15) is 35.8 Å². The molecular weight excluding hydrogens is 164 g/mol. The summed E-state index contributed by atoms with van der Waals surface area (Å²) >= 11 is 0. The molecule has 1 heterocycles. The van der Waals surface area contributed by atoms with Crippen LogP contribution in [-0.4, -0.2) is 11.3 Å². The quantitative estimate of drug-likeness (QED) is 0.714. The summed E-state index contributed by atoms with van der Waals surface area (Å²) in [6.45, 7) is 4.08. The summed E-state index contributed by atoms with van der Waals surface area (Å²) < 4.78 is 0. The van der Waals surface area contributed by atoms with Gasteiger partial charge in [-0.15, -0.1) is 0 Å². The molecule has 1 aromatic heterocycles. The Balaban J connectivity index is 2.94.